The molecule has 1 N–H and O–H groups in total. The highest BCUT2D eigenvalue weighted by Crippen LogP contribution is 2.38. The number of aliphatic hydroxyl groups excluding tert-OH is 1. The summed E-state index contributed by atoms with van der Waals surface area (Å²) < 4.78 is 42.2. The topological polar surface area (TPSA) is 20.2 Å². The Hall–Kier alpha value is -1.37. The maximum absolute atomic E-state index is 13.8. The Kier molecular flexibility index (Phi) is 3.77. The summed E-state index contributed by atoms with van der Waals surface area (Å²) in [6, 6.07) is 6.49. The van der Waals surface area contributed by atoms with Gasteiger partial charge >= 0.3 is 0 Å². The summed E-state index contributed by atoms with van der Waals surface area (Å²) >= 11 is 4.74. The normalized spacial score (nSPS) is 12.8. The quantitative estimate of drug-likeness (QED) is 0.658. The number of thiophene rings is 1. The smallest absolute Gasteiger partial charge is 0.135 e. The number of fused-ring (bicyclic) bond motifs is 1. The first-order valence-electron chi connectivity index (χ1n) is 5.97. The van der Waals surface area contributed by atoms with E-state index in [4.69, 9.17) is 0 Å². The first kappa shape index (κ1) is 14.6. The lowest BCUT2D eigenvalue weighted by molar-refractivity contribution is 0.210. The van der Waals surface area contributed by atoms with Crippen LogP contribution in [0, 0.1) is 17.5 Å². The van der Waals surface area contributed by atoms with Crippen LogP contribution in [0.5, 0.6) is 0 Å². The highest BCUT2D eigenvalue weighted by atomic mass is 79.9. The standard InChI is InChI=1S/C15H8BrF3OS/c16-10-3-1-2-8-9(6-21-15(8)10)14(20)13-11(18)4-7(17)5-12(13)19/h1-6,14,20H. The molecule has 0 aliphatic carbocycles. The first-order valence-corrected chi connectivity index (χ1v) is 7.64. The number of benzene rings is 2. The molecule has 0 aliphatic heterocycles. The molecule has 1 nitrogen and oxygen atoms in total. The molecule has 1 heterocycles. The predicted octanol–water partition coefficient (Wildman–Crippen LogP) is 5.16. The van der Waals surface area contributed by atoms with E-state index >= 15 is 0 Å². The van der Waals surface area contributed by atoms with Crippen molar-refractivity contribution in [3.63, 3.8) is 0 Å². The molecule has 0 saturated heterocycles. The van der Waals surface area contributed by atoms with Crippen molar-refractivity contribution < 1.29 is 18.3 Å². The van der Waals surface area contributed by atoms with Crippen molar-refractivity contribution in [3.05, 3.63) is 68.8 Å². The summed E-state index contributed by atoms with van der Waals surface area (Å²) in [5, 5.41) is 12.7. The molecule has 0 bridgehead atoms. The minimum atomic E-state index is -1.49. The van der Waals surface area contributed by atoms with Gasteiger partial charge in [-0.1, -0.05) is 12.1 Å². The zero-order chi connectivity index (χ0) is 15.1. The van der Waals surface area contributed by atoms with Crippen molar-refractivity contribution in [2.24, 2.45) is 0 Å². The van der Waals surface area contributed by atoms with Crippen LogP contribution in [0.25, 0.3) is 10.1 Å². The van der Waals surface area contributed by atoms with Crippen molar-refractivity contribution in [2.75, 3.05) is 0 Å². The molecule has 0 saturated carbocycles. The molecular formula is C15H8BrF3OS. The first-order chi connectivity index (χ1) is 9.99. The van der Waals surface area contributed by atoms with Gasteiger partial charge in [0.25, 0.3) is 0 Å². The third-order valence-corrected chi connectivity index (χ3v) is 5.16. The van der Waals surface area contributed by atoms with Crippen LogP contribution in [0.2, 0.25) is 0 Å². The number of hydrogen-bond acceptors (Lipinski definition) is 2. The van der Waals surface area contributed by atoms with Gasteiger partial charge < -0.3 is 5.11 Å². The summed E-state index contributed by atoms with van der Waals surface area (Å²) in [5.74, 6) is -3.22. The zero-order valence-electron chi connectivity index (χ0n) is 10.4. The average Bonchev–Trinajstić information content (AvgIpc) is 2.82. The van der Waals surface area contributed by atoms with E-state index in [1.54, 1.807) is 17.5 Å². The summed E-state index contributed by atoms with van der Waals surface area (Å²) in [4.78, 5) is 0. The summed E-state index contributed by atoms with van der Waals surface area (Å²) in [6.45, 7) is 0. The molecule has 0 fully saturated rings. The minimum Gasteiger partial charge on any atom is -0.383 e. The minimum absolute atomic E-state index is 0.390. The molecule has 108 valence electrons. The Morgan fingerprint density at radius 2 is 1.76 bits per heavy atom. The van der Waals surface area contributed by atoms with Gasteiger partial charge in [-0.2, -0.15) is 0 Å². The van der Waals surface area contributed by atoms with Crippen LogP contribution in [0.15, 0.2) is 40.2 Å². The lowest BCUT2D eigenvalue weighted by atomic mass is 10.00. The fourth-order valence-corrected chi connectivity index (χ4v) is 3.86. The second-order valence-electron chi connectivity index (χ2n) is 4.49. The zero-order valence-corrected chi connectivity index (χ0v) is 12.8. The van der Waals surface area contributed by atoms with E-state index in [2.05, 4.69) is 15.9 Å². The predicted molar refractivity (Wildman–Crippen MR) is 79.9 cm³/mol. The molecule has 3 rings (SSSR count). The summed E-state index contributed by atoms with van der Waals surface area (Å²) in [6.07, 6.45) is -1.49. The second kappa shape index (κ2) is 5.44. The van der Waals surface area contributed by atoms with E-state index in [-0.39, 0.29) is 0 Å². The van der Waals surface area contributed by atoms with Crippen LogP contribution in [0.3, 0.4) is 0 Å². The van der Waals surface area contributed by atoms with Crippen molar-refractivity contribution in [1.29, 1.82) is 0 Å². The van der Waals surface area contributed by atoms with Crippen LogP contribution in [0.4, 0.5) is 13.2 Å². The van der Waals surface area contributed by atoms with Crippen molar-refractivity contribution in [1.82, 2.24) is 0 Å². The molecule has 3 aromatic rings. The van der Waals surface area contributed by atoms with Gasteiger partial charge in [-0.05, 0) is 32.8 Å². The van der Waals surface area contributed by atoms with Gasteiger partial charge in [-0.3, -0.25) is 0 Å². The molecule has 21 heavy (non-hydrogen) atoms. The monoisotopic (exact) mass is 372 g/mol. The van der Waals surface area contributed by atoms with Gasteiger partial charge in [0.1, 0.15) is 23.6 Å². The maximum atomic E-state index is 13.8. The largest absolute Gasteiger partial charge is 0.383 e. The molecule has 1 aromatic heterocycles. The number of aliphatic hydroxyl groups is 1. The third kappa shape index (κ3) is 2.47. The van der Waals surface area contributed by atoms with Gasteiger partial charge in [0.2, 0.25) is 0 Å². The average molecular weight is 373 g/mol. The Morgan fingerprint density at radius 3 is 2.43 bits per heavy atom. The number of hydrogen-bond donors (Lipinski definition) is 1. The summed E-state index contributed by atoms with van der Waals surface area (Å²) in [5.41, 5.74) is -0.156. The van der Waals surface area contributed by atoms with E-state index in [0.717, 1.165) is 9.17 Å². The highest BCUT2D eigenvalue weighted by molar-refractivity contribution is 9.10. The van der Waals surface area contributed by atoms with Crippen LogP contribution < -0.4 is 0 Å². The van der Waals surface area contributed by atoms with Gasteiger partial charge in [-0.15, -0.1) is 11.3 Å². The molecule has 0 aliphatic rings. The van der Waals surface area contributed by atoms with Crippen LogP contribution in [0.1, 0.15) is 17.2 Å². The Morgan fingerprint density at radius 1 is 1.10 bits per heavy atom. The Labute approximate surface area is 130 Å². The lowest BCUT2D eigenvalue weighted by Crippen LogP contribution is -2.06. The van der Waals surface area contributed by atoms with E-state index in [1.807, 2.05) is 6.07 Å². The van der Waals surface area contributed by atoms with Crippen molar-refractivity contribution >= 4 is 37.4 Å². The molecule has 0 spiro atoms. The number of halogens is 4. The van der Waals surface area contributed by atoms with E-state index in [9.17, 15) is 18.3 Å². The Bertz CT molecular complexity index is 808. The Balaban J connectivity index is 2.18. The SMILES string of the molecule is OC(c1c(F)cc(F)cc1F)c1csc2c(Br)cccc12. The highest BCUT2D eigenvalue weighted by Gasteiger charge is 2.23. The molecule has 0 amide bonds. The molecule has 1 unspecified atom stereocenters. The lowest BCUT2D eigenvalue weighted by Gasteiger charge is -2.13. The van der Waals surface area contributed by atoms with Crippen molar-refractivity contribution in [3.8, 4) is 0 Å². The van der Waals surface area contributed by atoms with Gasteiger partial charge in [0.05, 0.1) is 5.56 Å². The molecule has 2 aromatic carbocycles. The van der Waals surface area contributed by atoms with Gasteiger partial charge in [0.15, 0.2) is 0 Å². The summed E-state index contributed by atoms with van der Waals surface area (Å²) in [7, 11) is 0. The third-order valence-electron chi connectivity index (χ3n) is 3.19. The molecular weight excluding hydrogens is 365 g/mol. The molecule has 0 radical (unpaired) electrons. The van der Waals surface area contributed by atoms with Crippen LogP contribution in [-0.2, 0) is 0 Å². The molecule has 1 atom stereocenters. The fourth-order valence-electron chi connectivity index (χ4n) is 2.22. The van der Waals surface area contributed by atoms with Gasteiger partial charge in [0, 0.05) is 26.9 Å². The van der Waals surface area contributed by atoms with E-state index in [0.29, 0.717) is 23.1 Å². The van der Waals surface area contributed by atoms with Gasteiger partial charge in [-0.25, -0.2) is 13.2 Å². The van der Waals surface area contributed by atoms with Crippen LogP contribution in [-0.4, -0.2) is 5.11 Å². The van der Waals surface area contributed by atoms with E-state index < -0.39 is 29.1 Å². The number of rotatable bonds is 2. The molecule has 6 heteroatoms. The van der Waals surface area contributed by atoms with Crippen LogP contribution >= 0.6 is 27.3 Å². The van der Waals surface area contributed by atoms with E-state index in [1.165, 1.54) is 11.3 Å². The second-order valence-corrected chi connectivity index (χ2v) is 6.23. The maximum Gasteiger partial charge on any atom is 0.135 e. The fraction of sp³-hybridized carbons (Fsp3) is 0.0667. The van der Waals surface area contributed by atoms with Crippen molar-refractivity contribution in [2.45, 2.75) is 6.10 Å².